The molecule has 7 nitrogen and oxygen atoms in total. The minimum atomic E-state index is -3.19. The number of benzene rings is 2. The Kier molecular flexibility index (Phi) is 10.9. The summed E-state index contributed by atoms with van der Waals surface area (Å²) in [6.07, 6.45) is 7.87. The van der Waals surface area contributed by atoms with Gasteiger partial charge in [0.15, 0.2) is 21.3 Å². The highest BCUT2D eigenvalue weighted by atomic mass is 32.2. The van der Waals surface area contributed by atoms with E-state index in [0.29, 0.717) is 6.54 Å². The van der Waals surface area contributed by atoms with Crippen molar-refractivity contribution in [3.05, 3.63) is 59.7 Å². The van der Waals surface area contributed by atoms with Crippen LogP contribution in [0.4, 0.5) is 0 Å². The minimum Gasteiger partial charge on any atom is -0.493 e. The second kappa shape index (κ2) is 13.6. The van der Waals surface area contributed by atoms with Crippen LogP contribution in [0, 0.1) is 0 Å². The van der Waals surface area contributed by atoms with Crippen molar-refractivity contribution in [2.75, 3.05) is 40.1 Å². The van der Waals surface area contributed by atoms with Gasteiger partial charge in [-0.05, 0) is 67.7 Å². The predicted octanol–water partition coefficient (Wildman–Crippen LogP) is 3.24. The second-order valence-corrected chi connectivity index (χ2v) is 9.71. The molecule has 0 spiro atoms. The van der Waals surface area contributed by atoms with Crippen LogP contribution < -0.4 is 20.1 Å². The molecule has 0 atom stereocenters. The van der Waals surface area contributed by atoms with Crippen molar-refractivity contribution in [2.45, 2.75) is 30.6 Å². The average Bonchev–Trinajstić information content (AvgIpc) is 2.80. The van der Waals surface area contributed by atoms with E-state index >= 15 is 0 Å². The van der Waals surface area contributed by atoms with Gasteiger partial charge in [-0.2, -0.15) is 0 Å². The van der Waals surface area contributed by atoms with Crippen LogP contribution in [0.1, 0.15) is 30.4 Å². The average molecular weight is 475 g/mol. The summed E-state index contributed by atoms with van der Waals surface area (Å²) in [5.41, 5.74) is 2.06. The number of sulfone groups is 1. The maximum absolute atomic E-state index is 11.9. The molecule has 2 aromatic rings. The van der Waals surface area contributed by atoms with Crippen LogP contribution in [0.15, 0.2) is 53.4 Å². The Morgan fingerprint density at radius 1 is 0.939 bits per heavy atom. The van der Waals surface area contributed by atoms with Gasteiger partial charge in [0.2, 0.25) is 5.91 Å². The maximum Gasteiger partial charge on any atom is 0.223 e. The van der Waals surface area contributed by atoms with Gasteiger partial charge in [-0.1, -0.05) is 30.4 Å². The lowest BCUT2D eigenvalue weighted by Crippen LogP contribution is -2.27. The fraction of sp³-hybridized carbons (Fsp3) is 0.400. The molecule has 0 saturated carbocycles. The Morgan fingerprint density at radius 3 is 2.30 bits per heavy atom. The molecule has 180 valence electrons. The molecule has 0 aromatic heterocycles. The number of carbonyl (C=O) groups is 1. The molecule has 0 bridgehead atoms. The number of carbonyl (C=O) groups excluding carboxylic acids is 1. The van der Waals surface area contributed by atoms with Crippen LogP contribution in [0.3, 0.4) is 0 Å². The van der Waals surface area contributed by atoms with Gasteiger partial charge in [-0.15, -0.1) is 0 Å². The second-order valence-electron chi connectivity index (χ2n) is 7.69. The number of hydrogen-bond donors (Lipinski definition) is 2. The molecule has 0 radical (unpaired) electrons. The highest BCUT2D eigenvalue weighted by Gasteiger charge is 2.06. The third kappa shape index (κ3) is 9.67. The number of amides is 1. The first-order chi connectivity index (χ1) is 15.8. The lowest BCUT2D eigenvalue weighted by molar-refractivity contribution is -0.120. The minimum absolute atomic E-state index is 0.0348. The van der Waals surface area contributed by atoms with Gasteiger partial charge < -0.3 is 20.1 Å². The molecular weight excluding hydrogens is 440 g/mol. The molecule has 33 heavy (non-hydrogen) atoms. The van der Waals surface area contributed by atoms with E-state index < -0.39 is 9.84 Å². The molecule has 0 fully saturated rings. The number of methoxy groups -OCH3 is 2. The van der Waals surface area contributed by atoms with Crippen molar-refractivity contribution < 1.29 is 22.7 Å². The van der Waals surface area contributed by atoms with E-state index in [9.17, 15) is 13.2 Å². The summed E-state index contributed by atoms with van der Waals surface area (Å²) in [7, 11) is 0.0738. The summed E-state index contributed by atoms with van der Waals surface area (Å²) < 4.78 is 33.5. The van der Waals surface area contributed by atoms with E-state index in [1.54, 1.807) is 44.6 Å². The molecule has 2 N–H and O–H groups in total. The summed E-state index contributed by atoms with van der Waals surface area (Å²) in [6, 6.07) is 12.6. The summed E-state index contributed by atoms with van der Waals surface area (Å²) in [6.45, 7) is 2.37. The number of aryl methyl sites for hydroxylation is 1. The van der Waals surface area contributed by atoms with Crippen LogP contribution in [0.25, 0.3) is 6.08 Å². The first kappa shape index (κ1) is 26.4. The van der Waals surface area contributed by atoms with Crippen LogP contribution in [0.2, 0.25) is 0 Å². The van der Waals surface area contributed by atoms with Crippen LogP contribution in [0.5, 0.6) is 11.5 Å². The summed E-state index contributed by atoms with van der Waals surface area (Å²) in [4.78, 5) is 12.2. The Labute approximate surface area is 197 Å². The molecule has 0 aliphatic carbocycles. The van der Waals surface area contributed by atoms with Crippen molar-refractivity contribution in [1.29, 1.82) is 0 Å². The van der Waals surface area contributed by atoms with Crippen LogP contribution >= 0.6 is 0 Å². The smallest absolute Gasteiger partial charge is 0.223 e. The van der Waals surface area contributed by atoms with E-state index in [0.717, 1.165) is 49.4 Å². The topological polar surface area (TPSA) is 93.7 Å². The third-order valence-corrected chi connectivity index (χ3v) is 6.17. The zero-order valence-electron chi connectivity index (χ0n) is 19.6. The van der Waals surface area contributed by atoms with Crippen LogP contribution in [-0.4, -0.2) is 54.4 Å². The Morgan fingerprint density at radius 2 is 1.64 bits per heavy atom. The van der Waals surface area contributed by atoms with Gasteiger partial charge in [0.25, 0.3) is 0 Å². The molecule has 1 amide bonds. The molecule has 0 heterocycles. The quantitative estimate of drug-likeness (QED) is 0.408. The zero-order chi connectivity index (χ0) is 24.1. The van der Waals surface area contributed by atoms with Crippen molar-refractivity contribution in [2.24, 2.45) is 0 Å². The normalized spacial score (nSPS) is 11.5. The lowest BCUT2D eigenvalue weighted by atomic mass is 10.1. The van der Waals surface area contributed by atoms with E-state index in [4.69, 9.17) is 9.47 Å². The van der Waals surface area contributed by atoms with Crippen molar-refractivity contribution in [3.63, 3.8) is 0 Å². The van der Waals surface area contributed by atoms with Gasteiger partial charge in [-0.3, -0.25) is 4.79 Å². The fourth-order valence-electron chi connectivity index (χ4n) is 3.22. The van der Waals surface area contributed by atoms with Gasteiger partial charge in [-0.25, -0.2) is 8.42 Å². The Hall–Kier alpha value is -2.84. The van der Waals surface area contributed by atoms with Crippen molar-refractivity contribution in [1.82, 2.24) is 10.6 Å². The van der Waals surface area contributed by atoms with Gasteiger partial charge >= 0.3 is 0 Å². The summed E-state index contributed by atoms with van der Waals surface area (Å²) >= 11 is 0. The number of rotatable bonds is 14. The van der Waals surface area contributed by atoms with E-state index in [2.05, 4.69) is 16.7 Å². The van der Waals surface area contributed by atoms with Crippen molar-refractivity contribution in [3.8, 4) is 11.5 Å². The highest BCUT2D eigenvalue weighted by molar-refractivity contribution is 7.90. The van der Waals surface area contributed by atoms with Gasteiger partial charge in [0, 0.05) is 19.2 Å². The predicted molar refractivity (Wildman–Crippen MR) is 132 cm³/mol. The monoisotopic (exact) mass is 474 g/mol. The first-order valence-electron chi connectivity index (χ1n) is 11.0. The Bertz CT molecular complexity index is 1020. The highest BCUT2D eigenvalue weighted by Crippen LogP contribution is 2.27. The first-order valence-corrected chi connectivity index (χ1v) is 12.9. The number of ether oxygens (including phenoxy) is 2. The largest absolute Gasteiger partial charge is 0.493 e. The lowest BCUT2D eigenvalue weighted by Gasteiger charge is -2.10. The SMILES string of the molecule is COc1ccc(CCCNCCCNC(=O)C/C=C/c2ccc(S(C)(=O)=O)cc2)cc1OC. The molecule has 2 aromatic carbocycles. The Balaban J connectivity index is 1.54. The maximum atomic E-state index is 11.9. The van der Waals surface area contributed by atoms with Gasteiger partial charge in [0.1, 0.15) is 0 Å². The zero-order valence-corrected chi connectivity index (χ0v) is 20.4. The van der Waals surface area contributed by atoms with Crippen molar-refractivity contribution >= 4 is 21.8 Å². The van der Waals surface area contributed by atoms with E-state index in [-0.39, 0.29) is 17.2 Å². The standard InChI is InChI=1S/C25H34N2O5S/c1-31-23-15-12-21(19-24(23)32-2)8-5-16-26-17-6-18-27-25(28)9-4-7-20-10-13-22(14-11-20)33(3,29)30/h4,7,10-15,19,26H,5-6,8-9,16-18H2,1-3H3,(H,27,28)/b7-4+. The van der Waals surface area contributed by atoms with Crippen LogP contribution in [-0.2, 0) is 21.1 Å². The molecule has 2 rings (SSSR count). The number of nitrogens with one attached hydrogen (secondary N) is 2. The molecule has 8 heteroatoms. The van der Waals surface area contributed by atoms with E-state index in [1.165, 1.54) is 11.8 Å². The molecule has 0 unspecified atom stereocenters. The van der Waals surface area contributed by atoms with Gasteiger partial charge in [0.05, 0.1) is 19.1 Å². The summed E-state index contributed by atoms with van der Waals surface area (Å²) in [5.74, 6) is 1.45. The third-order valence-electron chi connectivity index (χ3n) is 5.04. The fourth-order valence-corrected chi connectivity index (χ4v) is 3.85. The van der Waals surface area contributed by atoms with E-state index in [1.807, 2.05) is 18.2 Å². The summed E-state index contributed by atoms with van der Waals surface area (Å²) in [5, 5.41) is 6.30. The molecule has 0 aliphatic heterocycles. The molecule has 0 aliphatic rings. The molecule has 0 saturated heterocycles. The number of hydrogen-bond acceptors (Lipinski definition) is 6. The molecular formula is C25H34N2O5S.